The number of benzene rings is 1. The van der Waals surface area contributed by atoms with Crippen molar-refractivity contribution < 1.29 is 35.6 Å². The number of hydrogen-bond donors (Lipinski definition) is 2. The van der Waals surface area contributed by atoms with Crippen molar-refractivity contribution in [2.24, 2.45) is 0 Å². The topological polar surface area (TPSA) is 134 Å². The van der Waals surface area contributed by atoms with Gasteiger partial charge in [0.05, 0.1) is 12.2 Å². The lowest BCUT2D eigenvalue weighted by atomic mass is 10.2. The minimum atomic E-state index is -4.81. The number of aromatic nitrogens is 7. The lowest BCUT2D eigenvalue weighted by Gasteiger charge is -2.39. The first kappa shape index (κ1) is 36.6. The summed E-state index contributed by atoms with van der Waals surface area (Å²) in [6.45, 7) is 5.93. The lowest BCUT2D eigenvalue weighted by Crippen LogP contribution is -2.50. The van der Waals surface area contributed by atoms with Gasteiger partial charge in [-0.1, -0.05) is 32.4 Å². The average molecular weight is 720 g/mol. The van der Waals surface area contributed by atoms with Gasteiger partial charge in [0.1, 0.15) is 19.4 Å². The number of anilines is 1. The summed E-state index contributed by atoms with van der Waals surface area (Å²) < 4.78 is 89.3. The van der Waals surface area contributed by atoms with E-state index in [1.165, 1.54) is 48.9 Å². The molecule has 48 heavy (non-hydrogen) atoms. The molecule has 0 unspecified atom stereocenters. The number of hydrogen-bond acceptors (Lipinski definition) is 7. The maximum absolute atomic E-state index is 14.4. The first-order valence-corrected chi connectivity index (χ1v) is 17.6. The number of carbonyl (C=O) groups is 1. The average Bonchev–Trinajstić information content (AvgIpc) is 3.55. The van der Waals surface area contributed by atoms with Crippen molar-refractivity contribution in [1.29, 1.82) is 0 Å². The Bertz CT molecular complexity index is 1800. The van der Waals surface area contributed by atoms with E-state index in [4.69, 9.17) is 16.0 Å². The van der Waals surface area contributed by atoms with E-state index in [-0.39, 0.29) is 29.7 Å². The van der Waals surface area contributed by atoms with Crippen molar-refractivity contribution in [3.8, 4) is 17.2 Å². The second-order valence-electron chi connectivity index (χ2n) is 12.2. The molecule has 260 valence electrons. The molecule has 1 atom stereocenters. The highest BCUT2D eigenvalue weighted by Crippen LogP contribution is 2.40. The molecule has 0 bridgehead atoms. The molecule has 0 radical (unpaired) electrons. The maximum atomic E-state index is 14.4. The van der Waals surface area contributed by atoms with E-state index in [0.29, 0.717) is 10.6 Å². The second-order valence-corrected chi connectivity index (χ2v) is 17.4. The molecule has 0 aliphatic rings. The molecule has 3 heterocycles. The summed E-state index contributed by atoms with van der Waals surface area (Å²) in [7, 11) is -2.95. The van der Waals surface area contributed by atoms with Gasteiger partial charge in [-0.25, -0.2) is 28.9 Å². The van der Waals surface area contributed by atoms with E-state index in [1.54, 1.807) is 39.2 Å². The minimum Gasteiger partial charge on any atom is -0.404 e. The zero-order chi connectivity index (χ0) is 35.7. The number of alkyl halides is 6. The Morgan fingerprint density at radius 3 is 2.29 bits per heavy atom. The maximum Gasteiger partial charge on any atom is 0.415 e. The predicted octanol–water partition coefficient (Wildman–Crippen LogP) is 6.03. The van der Waals surface area contributed by atoms with Crippen molar-refractivity contribution in [3.05, 3.63) is 70.3 Å². The van der Waals surface area contributed by atoms with Crippen molar-refractivity contribution in [1.82, 2.24) is 39.4 Å². The van der Waals surface area contributed by atoms with Crippen molar-refractivity contribution in [2.75, 3.05) is 11.9 Å². The van der Waals surface area contributed by atoms with Crippen molar-refractivity contribution in [2.45, 2.75) is 70.4 Å². The highest BCUT2D eigenvalue weighted by atomic mass is 35.5. The highest BCUT2D eigenvalue weighted by Gasteiger charge is 2.48. The van der Waals surface area contributed by atoms with Crippen LogP contribution in [0.4, 0.5) is 36.8 Å². The Morgan fingerprint density at radius 2 is 1.69 bits per heavy atom. The van der Waals surface area contributed by atoms with Crippen molar-refractivity contribution >= 4 is 31.6 Å². The molecular weight excluding hydrogens is 688 g/mol. The van der Waals surface area contributed by atoms with Crippen LogP contribution >= 0.6 is 11.6 Å². The van der Waals surface area contributed by atoms with Crippen LogP contribution < -0.4 is 16.3 Å². The molecule has 0 fully saturated rings. The zero-order valence-corrected chi connectivity index (χ0v) is 28.1. The van der Waals surface area contributed by atoms with Crippen LogP contribution in [0.2, 0.25) is 23.2 Å². The van der Waals surface area contributed by atoms with Gasteiger partial charge >= 0.3 is 24.1 Å². The van der Waals surface area contributed by atoms with E-state index in [0.717, 1.165) is 13.9 Å². The Kier molecular flexibility index (Phi) is 10.5. The van der Waals surface area contributed by atoms with Crippen LogP contribution in [-0.4, -0.2) is 73.4 Å². The molecule has 0 aliphatic heterocycles. The van der Waals surface area contributed by atoms with Gasteiger partial charge in [0, 0.05) is 16.8 Å². The van der Waals surface area contributed by atoms with Gasteiger partial charge in [-0.05, 0) is 54.5 Å². The third kappa shape index (κ3) is 9.01. The standard InChI is InChI=1S/C28H32ClF6N9O3Si/c1-26(2,3)48(4,5)47-20(28(33,34)35)13-42-22(17-8-10-18(29)11-9-17)41-43(25(42)46)14-21-38-16-44(40-21)23-19(7-6-12-36-23)39-24(45)37-15-27(30,31)32/h6-12,16,20H,13-15H2,1-5H3,(H2,37,39,45)/t20-/m0/s1. The van der Waals surface area contributed by atoms with Gasteiger partial charge in [-0.15, -0.1) is 10.2 Å². The summed E-state index contributed by atoms with van der Waals surface area (Å²) in [6.07, 6.45) is -9.25. The normalized spacial score (nSPS) is 13.4. The Morgan fingerprint density at radius 1 is 1.02 bits per heavy atom. The van der Waals surface area contributed by atoms with Crippen LogP contribution in [0.1, 0.15) is 26.6 Å². The number of nitrogens with one attached hydrogen (secondary N) is 2. The van der Waals surface area contributed by atoms with E-state index in [1.807, 2.05) is 0 Å². The van der Waals surface area contributed by atoms with Gasteiger partial charge in [-0.2, -0.15) is 26.3 Å². The van der Waals surface area contributed by atoms with Crippen LogP contribution in [0.3, 0.4) is 0 Å². The van der Waals surface area contributed by atoms with Crippen LogP contribution in [0, 0.1) is 0 Å². The summed E-state index contributed by atoms with van der Waals surface area (Å²) >= 11 is 6.01. The van der Waals surface area contributed by atoms with E-state index < -0.39 is 56.6 Å². The quantitative estimate of drug-likeness (QED) is 0.151. The smallest absolute Gasteiger partial charge is 0.404 e. The summed E-state index contributed by atoms with van der Waals surface area (Å²) in [6, 6.07) is 7.67. The molecule has 0 saturated carbocycles. The Labute approximate surface area is 276 Å². The van der Waals surface area contributed by atoms with Gasteiger partial charge in [0.2, 0.25) is 0 Å². The molecule has 4 aromatic rings. The molecule has 20 heteroatoms. The highest BCUT2D eigenvalue weighted by molar-refractivity contribution is 6.74. The fourth-order valence-electron chi connectivity index (χ4n) is 4.06. The SMILES string of the molecule is CC(C)(C)[Si](C)(C)O[C@@H](Cn1c(-c2ccc(Cl)cc2)nn(Cc2ncn(-c3ncccc3NC(=O)NCC(F)(F)F)n2)c1=O)C(F)(F)F. The zero-order valence-electron chi connectivity index (χ0n) is 26.3. The number of urea groups is 1. The van der Waals surface area contributed by atoms with Crippen molar-refractivity contribution in [3.63, 3.8) is 0 Å². The fourth-order valence-corrected chi connectivity index (χ4v) is 5.46. The summed E-state index contributed by atoms with van der Waals surface area (Å²) in [5, 5.41) is 12.3. The fraction of sp³-hybridized carbons (Fsp3) is 0.429. The summed E-state index contributed by atoms with van der Waals surface area (Å²) in [5.41, 5.74) is -0.596. The molecular formula is C28H32ClF6N9O3Si. The van der Waals surface area contributed by atoms with Crippen LogP contribution in [-0.2, 0) is 17.5 Å². The number of pyridine rings is 1. The number of rotatable bonds is 10. The molecule has 1 aromatic carbocycles. The molecule has 2 amide bonds. The Hall–Kier alpha value is -4.23. The van der Waals surface area contributed by atoms with Gasteiger partial charge in [0.15, 0.2) is 31.9 Å². The van der Waals surface area contributed by atoms with Crippen LogP contribution in [0.5, 0.6) is 0 Å². The second kappa shape index (κ2) is 13.7. The molecule has 0 spiro atoms. The number of halogens is 7. The van der Waals surface area contributed by atoms with Gasteiger partial charge < -0.3 is 15.1 Å². The first-order chi connectivity index (χ1) is 22.1. The third-order valence-corrected chi connectivity index (χ3v) is 12.3. The van der Waals surface area contributed by atoms with Crippen LogP contribution in [0.15, 0.2) is 53.7 Å². The molecule has 0 saturated heterocycles. The number of amides is 2. The van der Waals surface area contributed by atoms with Gasteiger partial charge in [0.25, 0.3) is 0 Å². The summed E-state index contributed by atoms with van der Waals surface area (Å²) in [5.74, 6) is -0.119. The van der Waals surface area contributed by atoms with Crippen LogP contribution in [0.25, 0.3) is 17.2 Å². The third-order valence-electron chi connectivity index (χ3n) is 7.51. The molecule has 2 N–H and O–H groups in total. The van der Waals surface area contributed by atoms with E-state index in [9.17, 15) is 35.9 Å². The monoisotopic (exact) mass is 719 g/mol. The summed E-state index contributed by atoms with van der Waals surface area (Å²) in [4.78, 5) is 33.9. The first-order valence-electron chi connectivity index (χ1n) is 14.3. The molecule has 0 aliphatic carbocycles. The lowest BCUT2D eigenvalue weighted by molar-refractivity contribution is -0.202. The van der Waals surface area contributed by atoms with Gasteiger partial charge in [-0.3, -0.25) is 4.57 Å². The van der Waals surface area contributed by atoms with E-state index in [2.05, 4.69) is 25.5 Å². The number of nitrogens with zero attached hydrogens (tertiary/aromatic N) is 7. The van der Waals surface area contributed by atoms with E-state index >= 15 is 0 Å². The number of carbonyl (C=O) groups excluding carboxylic acids is 1. The minimum absolute atomic E-state index is 0.0139. The molecule has 12 nitrogen and oxygen atoms in total. The molecule has 4 rings (SSSR count). The predicted molar refractivity (Wildman–Crippen MR) is 166 cm³/mol. The molecule has 3 aromatic heterocycles. The Balaban J connectivity index is 1.67. The largest absolute Gasteiger partial charge is 0.415 e.